The molecule has 0 unspecified atom stereocenters. The zero-order valence-corrected chi connectivity index (χ0v) is 17.1. The number of carbonyl (C=O) groups excluding carboxylic acids is 1. The molecule has 3 heterocycles. The van der Waals surface area contributed by atoms with E-state index in [-0.39, 0.29) is 11.8 Å². The Hall–Kier alpha value is -3.13. The number of halogens is 1. The molecule has 0 atom stereocenters. The molecule has 8 nitrogen and oxygen atoms in total. The van der Waals surface area contributed by atoms with Crippen LogP contribution in [0, 0.1) is 19.8 Å². The Morgan fingerprint density at radius 1 is 1.17 bits per heavy atom. The summed E-state index contributed by atoms with van der Waals surface area (Å²) in [6, 6.07) is 9.01. The predicted octanol–water partition coefficient (Wildman–Crippen LogP) is 3.02. The van der Waals surface area contributed by atoms with Gasteiger partial charge in [-0.15, -0.1) is 0 Å². The number of amides is 1. The van der Waals surface area contributed by atoms with E-state index in [1.165, 1.54) is 6.33 Å². The number of ether oxygens (including phenoxy) is 1. The first-order valence-electron chi connectivity index (χ1n) is 9.19. The van der Waals surface area contributed by atoms with Crippen molar-refractivity contribution in [1.82, 2.24) is 19.7 Å². The minimum Gasteiger partial charge on any atom is -0.495 e. The van der Waals surface area contributed by atoms with E-state index in [9.17, 15) is 4.79 Å². The summed E-state index contributed by atoms with van der Waals surface area (Å²) in [5, 5.41) is 7.90. The first-order valence-corrected chi connectivity index (χ1v) is 9.57. The van der Waals surface area contributed by atoms with E-state index < -0.39 is 0 Å². The molecule has 1 saturated heterocycles. The summed E-state index contributed by atoms with van der Waals surface area (Å²) in [5.41, 5.74) is 2.50. The van der Waals surface area contributed by atoms with Gasteiger partial charge in [0.25, 0.3) is 0 Å². The van der Waals surface area contributed by atoms with Gasteiger partial charge in [0, 0.05) is 29.9 Å². The zero-order valence-electron chi connectivity index (χ0n) is 16.4. The summed E-state index contributed by atoms with van der Waals surface area (Å²) in [7, 11) is 1.56. The standard InChI is InChI=1S/C20H21ClN6O2/c1-12-6-13(2)27(25-12)19-8-18(22-11-23-19)26-9-14(10-26)20(28)24-16-7-15(21)4-5-17(16)29-3/h4-8,11,14H,9-10H2,1-3H3,(H,24,28). The minimum absolute atomic E-state index is 0.0744. The van der Waals surface area contributed by atoms with Crippen molar-refractivity contribution in [2.24, 2.45) is 5.92 Å². The van der Waals surface area contributed by atoms with Gasteiger partial charge in [0.05, 0.1) is 24.4 Å². The number of carbonyl (C=O) groups is 1. The fourth-order valence-electron chi connectivity index (χ4n) is 3.33. The number of nitrogens with zero attached hydrogens (tertiary/aromatic N) is 5. The molecule has 29 heavy (non-hydrogen) atoms. The Morgan fingerprint density at radius 3 is 2.62 bits per heavy atom. The summed E-state index contributed by atoms with van der Waals surface area (Å²) in [6.45, 7) is 5.07. The van der Waals surface area contributed by atoms with Crippen LogP contribution in [0.1, 0.15) is 11.4 Å². The maximum atomic E-state index is 12.6. The smallest absolute Gasteiger partial charge is 0.231 e. The van der Waals surface area contributed by atoms with Gasteiger partial charge in [-0.1, -0.05) is 11.6 Å². The summed E-state index contributed by atoms with van der Waals surface area (Å²) in [5.74, 6) is 1.83. The quantitative estimate of drug-likeness (QED) is 0.693. The first kappa shape index (κ1) is 19.2. The second-order valence-corrected chi connectivity index (χ2v) is 7.45. The Bertz CT molecular complexity index is 1060. The van der Waals surface area contributed by atoms with Crippen LogP contribution in [0.5, 0.6) is 5.75 Å². The maximum Gasteiger partial charge on any atom is 0.231 e. The van der Waals surface area contributed by atoms with Gasteiger partial charge in [0.15, 0.2) is 5.82 Å². The van der Waals surface area contributed by atoms with Crippen LogP contribution in [0.15, 0.2) is 36.7 Å². The zero-order chi connectivity index (χ0) is 20.5. The van der Waals surface area contributed by atoms with Crippen LogP contribution in [-0.2, 0) is 4.79 Å². The summed E-state index contributed by atoms with van der Waals surface area (Å²) in [6.07, 6.45) is 1.52. The lowest BCUT2D eigenvalue weighted by molar-refractivity contribution is -0.120. The van der Waals surface area contributed by atoms with Gasteiger partial charge in [-0.2, -0.15) is 5.10 Å². The molecular formula is C20H21ClN6O2. The molecule has 1 amide bonds. The van der Waals surface area contributed by atoms with E-state index in [0.717, 1.165) is 17.2 Å². The van der Waals surface area contributed by atoms with Crippen molar-refractivity contribution in [3.05, 3.63) is 53.1 Å². The number of nitrogens with one attached hydrogen (secondary N) is 1. The molecule has 1 aromatic carbocycles. The molecule has 1 aliphatic heterocycles. The number of aromatic nitrogens is 4. The van der Waals surface area contributed by atoms with Gasteiger partial charge in [-0.05, 0) is 38.1 Å². The average molecular weight is 413 g/mol. The topological polar surface area (TPSA) is 85.2 Å². The lowest BCUT2D eigenvalue weighted by Crippen LogP contribution is -2.52. The SMILES string of the molecule is COc1ccc(Cl)cc1NC(=O)C1CN(c2cc(-n3nc(C)cc3C)ncn2)C1. The Morgan fingerprint density at radius 2 is 1.93 bits per heavy atom. The predicted molar refractivity (Wildman–Crippen MR) is 111 cm³/mol. The van der Waals surface area contributed by atoms with Crippen LogP contribution in [0.4, 0.5) is 11.5 Å². The third-order valence-electron chi connectivity index (χ3n) is 4.86. The summed E-state index contributed by atoms with van der Waals surface area (Å²) >= 11 is 6.03. The Labute approximate surface area is 173 Å². The Kier molecular flexibility index (Phi) is 5.10. The highest BCUT2D eigenvalue weighted by molar-refractivity contribution is 6.31. The van der Waals surface area contributed by atoms with Crippen molar-refractivity contribution in [1.29, 1.82) is 0 Å². The molecular weight excluding hydrogens is 392 g/mol. The average Bonchev–Trinajstić information content (AvgIpc) is 2.99. The van der Waals surface area contributed by atoms with Gasteiger partial charge in [0.2, 0.25) is 5.91 Å². The number of hydrogen-bond donors (Lipinski definition) is 1. The molecule has 150 valence electrons. The monoisotopic (exact) mass is 412 g/mol. The van der Waals surface area contributed by atoms with Gasteiger partial charge in [0.1, 0.15) is 17.9 Å². The first-order chi connectivity index (χ1) is 13.9. The molecule has 1 N–H and O–H groups in total. The van der Waals surface area contributed by atoms with Crippen LogP contribution in [-0.4, -0.2) is 45.9 Å². The molecule has 0 saturated carbocycles. The molecule has 4 rings (SSSR count). The lowest BCUT2D eigenvalue weighted by Gasteiger charge is -2.39. The molecule has 1 fully saturated rings. The molecule has 1 aliphatic rings. The molecule has 3 aromatic rings. The number of rotatable bonds is 5. The van der Waals surface area contributed by atoms with E-state index in [4.69, 9.17) is 16.3 Å². The van der Waals surface area contributed by atoms with Crippen LogP contribution in [0.2, 0.25) is 5.02 Å². The third-order valence-corrected chi connectivity index (χ3v) is 5.10. The van der Waals surface area contributed by atoms with Crippen molar-refractivity contribution in [2.75, 3.05) is 30.4 Å². The van der Waals surface area contributed by atoms with Crippen molar-refractivity contribution in [2.45, 2.75) is 13.8 Å². The number of methoxy groups -OCH3 is 1. The lowest BCUT2D eigenvalue weighted by atomic mass is 9.99. The molecule has 0 bridgehead atoms. The van der Waals surface area contributed by atoms with Crippen molar-refractivity contribution in [3.63, 3.8) is 0 Å². The van der Waals surface area contributed by atoms with Gasteiger partial charge in [-0.3, -0.25) is 4.79 Å². The molecule has 0 spiro atoms. The van der Waals surface area contributed by atoms with E-state index in [2.05, 4.69) is 20.4 Å². The van der Waals surface area contributed by atoms with Crippen LogP contribution in [0.25, 0.3) is 5.82 Å². The Balaban J connectivity index is 1.42. The molecule has 9 heteroatoms. The van der Waals surface area contributed by atoms with Crippen LogP contribution < -0.4 is 15.0 Å². The van der Waals surface area contributed by atoms with E-state index in [1.807, 2.05) is 30.9 Å². The highest BCUT2D eigenvalue weighted by atomic mass is 35.5. The fraction of sp³-hybridized carbons (Fsp3) is 0.300. The maximum absolute atomic E-state index is 12.6. The van der Waals surface area contributed by atoms with Gasteiger partial charge in [-0.25, -0.2) is 14.6 Å². The number of aryl methyl sites for hydroxylation is 2. The molecule has 0 radical (unpaired) electrons. The summed E-state index contributed by atoms with van der Waals surface area (Å²) in [4.78, 5) is 23.3. The largest absolute Gasteiger partial charge is 0.495 e. The van der Waals surface area contributed by atoms with Crippen molar-refractivity contribution >= 4 is 29.0 Å². The number of benzene rings is 1. The van der Waals surface area contributed by atoms with E-state index in [1.54, 1.807) is 30.0 Å². The molecule has 2 aromatic heterocycles. The van der Waals surface area contributed by atoms with Gasteiger partial charge < -0.3 is 15.0 Å². The summed E-state index contributed by atoms with van der Waals surface area (Å²) < 4.78 is 7.07. The third kappa shape index (κ3) is 3.88. The second kappa shape index (κ2) is 7.71. The number of hydrogen-bond acceptors (Lipinski definition) is 6. The highest BCUT2D eigenvalue weighted by Gasteiger charge is 2.34. The minimum atomic E-state index is -0.147. The van der Waals surface area contributed by atoms with Gasteiger partial charge >= 0.3 is 0 Å². The highest BCUT2D eigenvalue weighted by Crippen LogP contribution is 2.30. The second-order valence-electron chi connectivity index (χ2n) is 7.01. The number of anilines is 2. The van der Waals surface area contributed by atoms with Crippen molar-refractivity contribution in [3.8, 4) is 11.6 Å². The fourth-order valence-corrected chi connectivity index (χ4v) is 3.50. The normalized spacial score (nSPS) is 13.9. The van der Waals surface area contributed by atoms with E-state index >= 15 is 0 Å². The molecule has 0 aliphatic carbocycles. The van der Waals surface area contributed by atoms with Crippen LogP contribution in [0.3, 0.4) is 0 Å². The van der Waals surface area contributed by atoms with Crippen molar-refractivity contribution < 1.29 is 9.53 Å². The van der Waals surface area contributed by atoms with Crippen LogP contribution >= 0.6 is 11.6 Å². The van der Waals surface area contributed by atoms with E-state index in [0.29, 0.717) is 35.4 Å².